The van der Waals surface area contributed by atoms with Crippen LogP contribution in [0.5, 0.6) is 0 Å². The highest BCUT2D eigenvalue weighted by molar-refractivity contribution is 5.26. The molecule has 0 aromatic carbocycles. The normalized spacial score (nSPS) is 42.6. The van der Waals surface area contributed by atoms with Gasteiger partial charge in [0, 0.05) is 16.9 Å². The standard InChI is InChI=1S/C13H19NO2/c1-8-10-4-3-5-11(15)13(10,2)6-9-7-14-16-12(8)9/h7-8,10-11,15H,3-6H2,1-2H3/t8-,10-,11-,13-/m1/s1. The third kappa shape index (κ3) is 1.21. The fraction of sp³-hybridized carbons (Fsp3) is 0.769. The number of nitrogens with zero attached hydrogens (tertiary/aromatic N) is 1. The van der Waals surface area contributed by atoms with Crippen LogP contribution in [-0.4, -0.2) is 16.4 Å². The van der Waals surface area contributed by atoms with Crippen molar-refractivity contribution in [1.82, 2.24) is 5.16 Å². The Morgan fingerprint density at radius 2 is 2.31 bits per heavy atom. The van der Waals surface area contributed by atoms with Crippen LogP contribution in [0.2, 0.25) is 0 Å². The van der Waals surface area contributed by atoms with Gasteiger partial charge in [0.15, 0.2) is 0 Å². The maximum Gasteiger partial charge on any atom is 0.143 e. The van der Waals surface area contributed by atoms with E-state index in [1.165, 1.54) is 12.0 Å². The van der Waals surface area contributed by atoms with E-state index in [1.54, 1.807) is 0 Å². The first-order valence-corrected chi connectivity index (χ1v) is 6.24. The van der Waals surface area contributed by atoms with Gasteiger partial charge in [-0.25, -0.2) is 0 Å². The fourth-order valence-corrected chi connectivity index (χ4v) is 3.88. The number of hydrogen-bond donors (Lipinski definition) is 1. The smallest absolute Gasteiger partial charge is 0.143 e. The molecule has 1 aromatic rings. The van der Waals surface area contributed by atoms with Crippen molar-refractivity contribution < 1.29 is 9.63 Å². The van der Waals surface area contributed by atoms with Crippen molar-refractivity contribution in [2.45, 2.75) is 51.6 Å². The summed E-state index contributed by atoms with van der Waals surface area (Å²) in [6, 6.07) is 0. The molecular formula is C13H19NO2. The maximum absolute atomic E-state index is 10.3. The van der Waals surface area contributed by atoms with Crippen LogP contribution in [0.4, 0.5) is 0 Å². The van der Waals surface area contributed by atoms with Gasteiger partial charge in [0.25, 0.3) is 0 Å². The Morgan fingerprint density at radius 3 is 3.12 bits per heavy atom. The lowest BCUT2D eigenvalue weighted by atomic mass is 9.56. The quantitative estimate of drug-likeness (QED) is 0.732. The molecule has 0 radical (unpaired) electrons. The molecule has 0 bridgehead atoms. The number of rotatable bonds is 0. The van der Waals surface area contributed by atoms with Crippen LogP contribution < -0.4 is 0 Å². The van der Waals surface area contributed by atoms with Crippen LogP contribution in [-0.2, 0) is 6.42 Å². The van der Waals surface area contributed by atoms with Crippen molar-refractivity contribution in [3.8, 4) is 0 Å². The number of fused-ring (bicyclic) bond motifs is 2. The number of hydrogen-bond acceptors (Lipinski definition) is 3. The van der Waals surface area contributed by atoms with Crippen LogP contribution in [0.15, 0.2) is 10.7 Å². The summed E-state index contributed by atoms with van der Waals surface area (Å²) in [6.07, 6.45) is 5.86. The Morgan fingerprint density at radius 1 is 1.50 bits per heavy atom. The summed E-state index contributed by atoms with van der Waals surface area (Å²) in [5.41, 5.74) is 1.23. The van der Waals surface area contributed by atoms with Crippen molar-refractivity contribution in [2.75, 3.05) is 0 Å². The Balaban J connectivity index is 2.05. The van der Waals surface area contributed by atoms with Crippen LogP contribution in [0.25, 0.3) is 0 Å². The first kappa shape index (κ1) is 10.3. The lowest BCUT2D eigenvalue weighted by Crippen LogP contribution is -2.48. The van der Waals surface area contributed by atoms with Gasteiger partial charge >= 0.3 is 0 Å². The molecule has 3 rings (SSSR count). The molecule has 88 valence electrons. The number of aliphatic hydroxyl groups excluding tert-OH is 1. The van der Waals surface area contributed by atoms with Crippen LogP contribution in [0.1, 0.15) is 50.4 Å². The van der Waals surface area contributed by atoms with E-state index in [0.29, 0.717) is 11.8 Å². The van der Waals surface area contributed by atoms with E-state index in [-0.39, 0.29) is 11.5 Å². The topological polar surface area (TPSA) is 46.3 Å². The summed E-state index contributed by atoms with van der Waals surface area (Å²) in [5, 5.41) is 14.2. The second-order valence-electron chi connectivity index (χ2n) is 5.74. The van der Waals surface area contributed by atoms with Gasteiger partial charge in [-0.2, -0.15) is 0 Å². The molecule has 4 atom stereocenters. The molecule has 1 fully saturated rings. The third-order valence-corrected chi connectivity index (χ3v) is 4.87. The molecule has 1 heterocycles. The highest BCUT2D eigenvalue weighted by Crippen LogP contribution is 2.53. The van der Waals surface area contributed by atoms with E-state index in [9.17, 15) is 5.11 Å². The molecule has 3 heteroatoms. The van der Waals surface area contributed by atoms with Gasteiger partial charge in [-0.3, -0.25) is 0 Å². The second kappa shape index (κ2) is 3.33. The van der Waals surface area contributed by atoms with Gasteiger partial charge < -0.3 is 9.63 Å². The first-order chi connectivity index (χ1) is 7.63. The van der Waals surface area contributed by atoms with Crippen molar-refractivity contribution in [3.05, 3.63) is 17.5 Å². The summed E-state index contributed by atoms with van der Waals surface area (Å²) in [6.45, 7) is 4.44. The molecule has 0 amide bonds. The average molecular weight is 221 g/mol. The van der Waals surface area contributed by atoms with Gasteiger partial charge in [0.1, 0.15) is 5.76 Å². The van der Waals surface area contributed by atoms with Crippen LogP contribution in [0.3, 0.4) is 0 Å². The molecule has 3 nitrogen and oxygen atoms in total. The van der Waals surface area contributed by atoms with Crippen molar-refractivity contribution >= 4 is 0 Å². The Hall–Kier alpha value is -0.830. The van der Waals surface area contributed by atoms with Gasteiger partial charge in [0.05, 0.1) is 12.3 Å². The predicted octanol–water partition coefficient (Wildman–Crippen LogP) is 2.50. The molecule has 2 aliphatic carbocycles. The van der Waals surface area contributed by atoms with Gasteiger partial charge in [-0.05, 0) is 25.2 Å². The molecule has 1 aromatic heterocycles. The lowest BCUT2D eigenvalue weighted by Gasteiger charge is -2.50. The van der Waals surface area contributed by atoms with Crippen molar-refractivity contribution in [3.63, 3.8) is 0 Å². The van der Waals surface area contributed by atoms with E-state index >= 15 is 0 Å². The highest BCUT2D eigenvalue weighted by Gasteiger charge is 2.50. The zero-order valence-corrected chi connectivity index (χ0v) is 9.94. The van der Waals surface area contributed by atoms with E-state index in [4.69, 9.17) is 4.52 Å². The molecular weight excluding hydrogens is 202 g/mol. The van der Waals surface area contributed by atoms with E-state index in [1.807, 2.05) is 6.20 Å². The molecule has 0 spiro atoms. The van der Waals surface area contributed by atoms with Gasteiger partial charge in [-0.1, -0.05) is 25.4 Å². The molecule has 0 saturated heterocycles. The minimum absolute atomic E-state index is 0.0240. The Bertz CT molecular complexity index is 400. The summed E-state index contributed by atoms with van der Waals surface area (Å²) in [4.78, 5) is 0. The lowest BCUT2D eigenvalue weighted by molar-refractivity contribution is -0.0589. The zero-order valence-electron chi connectivity index (χ0n) is 9.94. The fourth-order valence-electron chi connectivity index (χ4n) is 3.88. The van der Waals surface area contributed by atoms with E-state index in [2.05, 4.69) is 19.0 Å². The summed E-state index contributed by atoms with van der Waals surface area (Å²) in [7, 11) is 0. The summed E-state index contributed by atoms with van der Waals surface area (Å²) >= 11 is 0. The molecule has 1 N–H and O–H groups in total. The molecule has 0 aliphatic heterocycles. The largest absolute Gasteiger partial charge is 0.393 e. The van der Waals surface area contributed by atoms with E-state index in [0.717, 1.165) is 25.0 Å². The highest BCUT2D eigenvalue weighted by atomic mass is 16.5. The maximum atomic E-state index is 10.3. The van der Waals surface area contributed by atoms with Crippen LogP contribution >= 0.6 is 0 Å². The van der Waals surface area contributed by atoms with E-state index < -0.39 is 0 Å². The number of aliphatic hydroxyl groups is 1. The average Bonchev–Trinajstić information content (AvgIpc) is 2.69. The van der Waals surface area contributed by atoms with Gasteiger partial charge in [-0.15, -0.1) is 0 Å². The minimum Gasteiger partial charge on any atom is -0.393 e. The van der Waals surface area contributed by atoms with Crippen LogP contribution in [0, 0.1) is 11.3 Å². The third-order valence-electron chi connectivity index (χ3n) is 4.87. The number of aromatic nitrogens is 1. The van der Waals surface area contributed by atoms with Crippen molar-refractivity contribution in [2.24, 2.45) is 11.3 Å². The Labute approximate surface area is 95.8 Å². The van der Waals surface area contributed by atoms with Crippen molar-refractivity contribution in [1.29, 1.82) is 0 Å². The summed E-state index contributed by atoms with van der Waals surface area (Å²) < 4.78 is 5.37. The Kier molecular flexibility index (Phi) is 2.15. The molecule has 2 aliphatic rings. The monoisotopic (exact) mass is 221 g/mol. The second-order valence-corrected chi connectivity index (χ2v) is 5.74. The SMILES string of the molecule is C[C@H]1c2oncc2C[C@@]2(C)[C@H](O)CCC[C@H]12. The minimum atomic E-state index is -0.170. The first-order valence-electron chi connectivity index (χ1n) is 6.24. The molecule has 16 heavy (non-hydrogen) atoms. The summed E-state index contributed by atoms with van der Waals surface area (Å²) in [5.74, 6) is 1.99. The van der Waals surface area contributed by atoms with Gasteiger partial charge in [0.2, 0.25) is 0 Å². The zero-order chi connectivity index (χ0) is 11.3. The molecule has 1 saturated carbocycles. The predicted molar refractivity (Wildman–Crippen MR) is 60.1 cm³/mol. The molecule has 0 unspecified atom stereocenters.